The van der Waals surface area contributed by atoms with Crippen LogP contribution in [-0.4, -0.2) is 4.92 Å². The monoisotopic (exact) mass is 300 g/mol. The molecule has 0 amide bonds. The number of nitrogens with one attached hydrogen (secondary N) is 1. The number of nitro groups is 1. The van der Waals surface area contributed by atoms with Gasteiger partial charge in [0.15, 0.2) is 0 Å². The van der Waals surface area contributed by atoms with Gasteiger partial charge in [0, 0.05) is 24.7 Å². The molecule has 2 aromatic rings. The van der Waals surface area contributed by atoms with E-state index >= 15 is 0 Å². The first-order chi connectivity index (χ1) is 9.86. The quantitative estimate of drug-likeness (QED) is 0.531. The molecular formula is C13H8F4N2O2. The molecule has 0 aliphatic rings. The van der Waals surface area contributed by atoms with E-state index in [-0.39, 0.29) is 17.8 Å². The molecule has 8 heteroatoms. The second-order valence-corrected chi connectivity index (χ2v) is 4.17. The van der Waals surface area contributed by atoms with Gasteiger partial charge in [0.05, 0.1) is 10.6 Å². The number of nitro benzene ring substituents is 1. The van der Waals surface area contributed by atoms with Gasteiger partial charge in [0.1, 0.15) is 17.5 Å². The Bertz CT molecular complexity index is 687. The van der Waals surface area contributed by atoms with Gasteiger partial charge in [-0.15, -0.1) is 0 Å². The Morgan fingerprint density at radius 2 is 1.57 bits per heavy atom. The molecule has 1 N–H and O–H groups in total. The minimum atomic E-state index is -1.31. The van der Waals surface area contributed by atoms with Crippen molar-refractivity contribution in [2.24, 2.45) is 0 Å². The van der Waals surface area contributed by atoms with Crippen LogP contribution in [0.3, 0.4) is 0 Å². The van der Waals surface area contributed by atoms with Crippen molar-refractivity contribution in [2.45, 2.75) is 6.54 Å². The lowest BCUT2D eigenvalue weighted by molar-refractivity contribution is -0.387. The van der Waals surface area contributed by atoms with Gasteiger partial charge in [-0.1, -0.05) is 0 Å². The summed E-state index contributed by atoms with van der Waals surface area (Å²) in [5.41, 5.74) is -1.07. The highest BCUT2D eigenvalue weighted by molar-refractivity contribution is 5.53. The van der Waals surface area contributed by atoms with E-state index in [2.05, 4.69) is 5.32 Å². The van der Waals surface area contributed by atoms with E-state index in [0.717, 1.165) is 12.1 Å². The summed E-state index contributed by atoms with van der Waals surface area (Å²) in [6.07, 6.45) is 0. The highest BCUT2D eigenvalue weighted by atomic mass is 19.1. The van der Waals surface area contributed by atoms with E-state index < -0.39 is 33.9 Å². The van der Waals surface area contributed by atoms with E-state index in [1.54, 1.807) is 0 Å². The van der Waals surface area contributed by atoms with Crippen molar-refractivity contribution >= 4 is 11.4 Å². The largest absolute Gasteiger partial charge is 0.378 e. The van der Waals surface area contributed by atoms with Crippen LogP contribution in [-0.2, 0) is 6.54 Å². The Morgan fingerprint density at radius 3 is 2.14 bits per heavy atom. The lowest BCUT2D eigenvalue weighted by atomic mass is 10.2. The molecule has 0 atom stereocenters. The van der Waals surface area contributed by atoms with Crippen LogP contribution in [0.15, 0.2) is 30.3 Å². The van der Waals surface area contributed by atoms with Crippen LogP contribution in [0, 0.1) is 33.4 Å². The van der Waals surface area contributed by atoms with Gasteiger partial charge < -0.3 is 5.32 Å². The molecule has 21 heavy (non-hydrogen) atoms. The molecule has 0 aliphatic heterocycles. The maximum atomic E-state index is 13.5. The smallest absolute Gasteiger partial charge is 0.307 e. The fraction of sp³-hybridized carbons (Fsp3) is 0.0769. The summed E-state index contributed by atoms with van der Waals surface area (Å²) in [6.45, 7) is -0.186. The molecule has 0 radical (unpaired) electrons. The maximum absolute atomic E-state index is 13.5. The average molecular weight is 300 g/mol. The number of nitrogens with zero attached hydrogens (tertiary/aromatic N) is 1. The van der Waals surface area contributed by atoms with Gasteiger partial charge in [0.25, 0.3) is 0 Å². The molecule has 2 rings (SSSR count). The van der Waals surface area contributed by atoms with Crippen LogP contribution in [0.25, 0.3) is 0 Å². The first-order valence-corrected chi connectivity index (χ1v) is 5.69. The second-order valence-electron chi connectivity index (χ2n) is 4.17. The van der Waals surface area contributed by atoms with Crippen LogP contribution in [0.2, 0.25) is 0 Å². The summed E-state index contributed by atoms with van der Waals surface area (Å²) in [6, 6.07) is 3.76. The summed E-state index contributed by atoms with van der Waals surface area (Å²) in [5.74, 6) is -3.97. The van der Waals surface area contributed by atoms with Gasteiger partial charge >= 0.3 is 5.69 Å². The Balaban J connectivity index is 2.23. The first kappa shape index (κ1) is 14.8. The second kappa shape index (κ2) is 5.78. The van der Waals surface area contributed by atoms with Gasteiger partial charge in [-0.3, -0.25) is 10.1 Å². The molecule has 0 saturated carbocycles. The molecule has 110 valence electrons. The fourth-order valence-electron chi connectivity index (χ4n) is 1.72. The third-order valence-electron chi connectivity index (χ3n) is 2.64. The number of halogens is 4. The molecule has 0 heterocycles. The summed E-state index contributed by atoms with van der Waals surface area (Å²) in [4.78, 5) is 9.57. The van der Waals surface area contributed by atoms with Crippen molar-refractivity contribution in [3.63, 3.8) is 0 Å². The van der Waals surface area contributed by atoms with Crippen LogP contribution in [0.5, 0.6) is 0 Å². The van der Waals surface area contributed by atoms with Crippen molar-refractivity contribution in [1.29, 1.82) is 0 Å². The van der Waals surface area contributed by atoms with Gasteiger partial charge in [-0.05, 0) is 17.7 Å². The Labute approximate surface area is 116 Å². The van der Waals surface area contributed by atoms with Crippen molar-refractivity contribution in [3.8, 4) is 0 Å². The van der Waals surface area contributed by atoms with Gasteiger partial charge in [-0.2, -0.15) is 4.39 Å². The van der Waals surface area contributed by atoms with Crippen LogP contribution < -0.4 is 5.32 Å². The molecule has 0 spiro atoms. The fourth-order valence-corrected chi connectivity index (χ4v) is 1.72. The average Bonchev–Trinajstić information content (AvgIpc) is 2.36. The standard InChI is InChI=1S/C13H8F4N2O2/c14-8-1-7(2-9(15)3-8)6-18-12-5-13(19(20)21)11(17)4-10(12)16/h1-5,18H,6H2. The topological polar surface area (TPSA) is 55.2 Å². The molecule has 2 aromatic carbocycles. The molecule has 0 unspecified atom stereocenters. The van der Waals surface area contributed by atoms with E-state index in [1.807, 2.05) is 0 Å². The normalized spacial score (nSPS) is 10.5. The van der Waals surface area contributed by atoms with E-state index in [9.17, 15) is 27.7 Å². The molecule has 0 aliphatic carbocycles. The zero-order valence-corrected chi connectivity index (χ0v) is 10.4. The van der Waals surface area contributed by atoms with E-state index in [0.29, 0.717) is 18.2 Å². The van der Waals surface area contributed by atoms with E-state index in [1.165, 1.54) is 0 Å². The van der Waals surface area contributed by atoms with Crippen molar-refractivity contribution in [2.75, 3.05) is 5.32 Å². The first-order valence-electron chi connectivity index (χ1n) is 5.69. The summed E-state index contributed by atoms with van der Waals surface area (Å²) in [7, 11) is 0. The van der Waals surface area contributed by atoms with E-state index in [4.69, 9.17) is 0 Å². The highest BCUT2D eigenvalue weighted by Crippen LogP contribution is 2.25. The van der Waals surface area contributed by atoms with Crippen molar-refractivity contribution in [3.05, 3.63) is 69.3 Å². The number of rotatable bonds is 4. The minimum Gasteiger partial charge on any atom is -0.378 e. The number of hydrogen-bond donors (Lipinski definition) is 1. The van der Waals surface area contributed by atoms with Crippen LogP contribution in [0.1, 0.15) is 5.56 Å². The van der Waals surface area contributed by atoms with Gasteiger partial charge in [-0.25, -0.2) is 13.2 Å². The van der Waals surface area contributed by atoms with Crippen LogP contribution >= 0.6 is 0 Å². The zero-order chi connectivity index (χ0) is 15.6. The van der Waals surface area contributed by atoms with Crippen molar-refractivity contribution < 1.29 is 22.5 Å². The number of benzene rings is 2. The molecule has 4 nitrogen and oxygen atoms in total. The Kier molecular flexibility index (Phi) is 4.06. The highest BCUT2D eigenvalue weighted by Gasteiger charge is 2.18. The SMILES string of the molecule is O=[N+]([O-])c1cc(NCc2cc(F)cc(F)c2)c(F)cc1F. The predicted molar refractivity (Wildman–Crippen MR) is 66.7 cm³/mol. The molecular weight excluding hydrogens is 292 g/mol. The third-order valence-corrected chi connectivity index (χ3v) is 2.64. The number of hydrogen-bond acceptors (Lipinski definition) is 3. The Morgan fingerprint density at radius 1 is 0.952 bits per heavy atom. The molecule has 0 saturated heterocycles. The van der Waals surface area contributed by atoms with Gasteiger partial charge in [0.2, 0.25) is 5.82 Å². The summed E-state index contributed by atoms with van der Waals surface area (Å²) in [5, 5.41) is 13.0. The number of anilines is 1. The summed E-state index contributed by atoms with van der Waals surface area (Å²) >= 11 is 0. The summed E-state index contributed by atoms with van der Waals surface area (Å²) < 4.78 is 52.6. The third kappa shape index (κ3) is 3.47. The predicted octanol–water partition coefficient (Wildman–Crippen LogP) is 3.76. The molecule has 0 bridgehead atoms. The molecule has 0 fully saturated rings. The minimum absolute atomic E-state index is 0.166. The lowest BCUT2D eigenvalue weighted by Gasteiger charge is -2.08. The maximum Gasteiger partial charge on any atom is 0.307 e. The zero-order valence-electron chi connectivity index (χ0n) is 10.4. The Hall–Kier alpha value is -2.64. The lowest BCUT2D eigenvalue weighted by Crippen LogP contribution is -2.04. The van der Waals surface area contributed by atoms with Crippen molar-refractivity contribution in [1.82, 2.24) is 0 Å². The van der Waals surface area contributed by atoms with Crippen LogP contribution in [0.4, 0.5) is 28.9 Å². The molecule has 0 aromatic heterocycles.